The molecule has 0 aromatic heterocycles. The zero-order valence-corrected chi connectivity index (χ0v) is 12.9. The monoisotopic (exact) mass is 316 g/mol. The number of nitrogens with two attached hydrogens (primary N) is 1. The van der Waals surface area contributed by atoms with Gasteiger partial charge in [0.15, 0.2) is 0 Å². The van der Waals surface area contributed by atoms with E-state index in [-0.39, 0.29) is 36.8 Å². The van der Waals surface area contributed by atoms with Crippen molar-refractivity contribution >= 4 is 15.9 Å². The summed E-state index contributed by atoms with van der Waals surface area (Å²) in [7, 11) is -2.36. The molecule has 3 N–H and O–H groups in total. The molecule has 118 valence electrons. The van der Waals surface area contributed by atoms with Gasteiger partial charge in [0.1, 0.15) is 0 Å². The minimum atomic E-state index is -3.82. The second-order valence-corrected chi connectivity index (χ2v) is 6.40. The fourth-order valence-corrected chi connectivity index (χ4v) is 3.27. The maximum Gasteiger partial charge on any atom is 0.249 e. The Hall–Kier alpha value is -1.48. The lowest BCUT2D eigenvalue weighted by atomic mass is 10.1. The summed E-state index contributed by atoms with van der Waals surface area (Å²) in [5.74, 6) is -0.685. The molecule has 0 atom stereocenters. The first kappa shape index (κ1) is 17.6. The number of hydrogen-bond acceptors (Lipinski definition) is 5. The molecular formula is C13H20N2O5S. The zero-order chi connectivity index (χ0) is 16.0. The van der Waals surface area contributed by atoms with Gasteiger partial charge < -0.3 is 15.6 Å². The van der Waals surface area contributed by atoms with Gasteiger partial charge >= 0.3 is 0 Å². The van der Waals surface area contributed by atoms with Crippen LogP contribution >= 0.6 is 0 Å². The Balaban J connectivity index is 3.21. The Labute approximate surface area is 124 Å². The van der Waals surface area contributed by atoms with E-state index in [1.54, 1.807) is 6.92 Å². The van der Waals surface area contributed by atoms with E-state index in [1.165, 1.54) is 25.3 Å². The summed E-state index contributed by atoms with van der Waals surface area (Å²) in [5, 5.41) is 9.01. The second kappa shape index (κ2) is 7.51. The smallest absolute Gasteiger partial charge is 0.249 e. The third kappa shape index (κ3) is 4.24. The molecule has 0 spiro atoms. The number of primary amides is 1. The van der Waals surface area contributed by atoms with Crippen LogP contribution in [0.4, 0.5) is 0 Å². The largest absolute Gasteiger partial charge is 0.395 e. The minimum Gasteiger partial charge on any atom is -0.395 e. The van der Waals surface area contributed by atoms with Gasteiger partial charge in [-0.15, -0.1) is 0 Å². The average Bonchev–Trinajstić information content (AvgIpc) is 2.43. The molecule has 8 heteroatoms. The van der Waals surface area contributed by atoms with Crippen LogP contribution in [0.15, 0.2) is 23.1 Å². The van der Waals surface area contributed by atoms with Gasteiger partial charge in [-0.05, 0) is 24.6 Å². The summed E-state index contributed by atoms with van der Waals surface area (Å²) in [6.07, 6.45) is 0. The number of methoxy groups -OCH3 is 1. The standard InChI is InChI=1S/C13H20N2O5S/c1-10-3-4-11(9-12(10)13(14)17)21(18,19)15(5-7-16)6-8-20-2/h3-4,9,16H,5-8H2,1-2H3,(H2,14,17). The van der Waals surface area contributed by atoms with Crippen molar-refractivity contribution in [1.82, 2.24) is 4.31 Å². The minimum absolute atomic E-state index is 0.0357. The van der Waals surface area contributed by atoms with E-state index in [0.29, 0.717) is 5.56 Å². The van der Waals surface area contributed by atoms with Crippen molar-refractivity contribution < 1.29 is 23.1 Å². The van der Waals surface area contributed by atoms with E-state index in [0.717, 1.165) is 4.31 Å². The van der Waals surface area contributed by atoms with E-state index in [9.17, 15) is 13.2 Å². The summed E-state index contributed by atoms with van der Waals surface area (Å²) < 4.78 is 31.0. The van der Waals surface area contributed by atoms with Crippen molar-refractivity contribution in [2.75, 3.05) is 33.4 Å². The molecule has 0 aliphatic carbocycles. The fourth-order valence-electron chi connectivity index (χ4n) is 1.83. The van der Waals surface area contributed by atoms with Gasteiger partial charge in [0.25, 0.3) is 0 Å². The summed E-state index contributed by atoms with van der Waals surface area (Å²) in [6, 6.07) is 4.19. The highest BCUT2D eigenvalue weighted by molar-refractivity contribution is 7.89. The van der Waals surface area contributed by atoms with E-state index in [1.807, 2.05) is 0 Å². The average molecular weight is 316 g/mol. The predicted octanol–water partition coefficient (Wildman–Crippen LogP) is -0.277. The van der Waals surface area contributed by atoms with E-state index < -0.39 is 15.9 Å². The Bertz CT molecular complexity index is 601. The van der Waals surface area contributed by atoms with Crippen LogP contribution in [0.5, 0.6) is 0 Å². The highest BCUT2D eigenvalue weighted by Gasteiger charge is 2.25. The molecule has 1 amide bonds. The molecule has 7 nitrogen and oxygen atoms in total. The molecule has 0 aliphatic rings. The van der Waals surface area contributed by atoms with Gasteiger partial charge in [0.05, 0.1) is 18.1 Å². The molecule has 0 saturated heterocycles. The van der Waals surface area contributed by atoms with Crippen molar-refractivity contribution in [3.8, 4) is 0 Å². The molecule has 0 saturated carbocycles. The summed E-state index contributed by atoms with van der Waals surface area (Å²) in [5.41, 5.74) is 6.00. The van der Waals surface area contributed by atoms with Crippen LogP contribution in [-0.4, -0.2) is 57.1 Å². The molecule has 0 bridgehead atoms. The SMILES string of the molecule is COCCN(CCO)S(=O)(=O)c1ccc(C)c(C(N)=O)c1. The molecule has 1 rings (SSSR count). The Kier molecular flexibility index (Phi) is 6.28. The van der Waals surface area contributed by atoms with Crippen molar-refractivity contribution in [3.63, 3.8) is 0 Å². The molecule has 0 radical (unpaired) electrons. The quantitative estimate of drug-likeness (QED) is 0.685. The normalized spacial score (nSPS) is 11.8. The van der Waals surface area contributed by atoms with Gasteiger partial charge in [0.2, 0.25) is 15.9 Å². The van der Waals surface area contributed by atoms with Crippen LogP contribution in [0.2, 0.25) is 0 Å². The molecule has 1 aromatic carbocycles. The number of aliphatic hydroxyl groups excluding tert-OH is 1. The number of aliphatic hydroxyl groups is 1. The molecular weight excluding hydrogens is 296 g/mol. The van der Waals surface area contributed by atoms with E-state index in [4.69, 9.17) is 15.6 Å². The molecule has 0 unspecified atom stereocenters. The number of benzene rings is 1. The summed E-state index contributed by atoms with van der Waals surface area (Å²) >= 11 is 0. The van der Waals surface area contributed by atoms with Crippen LogP contribution in [0.25, 0.3) is 0 Å². The predicted molar refractivity (Wildman–Crippen MR) is 77.4 cm³/mol. The third-order valence-electron chi connectivity index (χ3n) is 3.01. The van der Waals surface area contributed by atoms with Crippen molar-refractivity contribution in [3.05, 3.63) is 29.3 Å². The number of carbonyl (C=O) groups is 1. The Morgan fingerprint density at radius 2 is 2.05 bits per heavy atom. The molecule has 1 aromatic rings. The molecule has 0 fully saturated rings. The van der Waals surface area contributed by atoms with Crippen LogP contribution in [-0.2, 0) is 14.8 Å². The number of amides is 1. The summed E-state index contributed by atoms with van der Waals surface area (Å²) in [4.78, 5) is 11.3. The lowest BCUT2D eigenvalue weighted by Crippen LogP contribution is -2.36. The van der Waals surface area contributed by atoms with E-state index in [2.05, 4.69) is 0 Å². The van der Waals surface area contributed by atoms with Crippen molar-refractivity contribution in [2.24, 2.45) is 5.73 Å². The van der Waals surface area contributed by atoms with E-state index >= 15 is 0 Å². The number of ether oxygens (including phenoxy) is 1. The number of hydrogen-bond donors (Lipinski definition) is 2. The fraction of sp³-hybridized carbons (Fsp3) is 0.462. The van der Waals surface area contributed by atoms with Gasteiger partial charge in [-0.25, -0.2) is 8.42 Å². The maximum absolute atomic E-state index is 12.5. The number of aryl methyl sites for hydroxylation is 1. The second-order valence-electron chi connectivity index (χ2n) is 4.46. The van der Waals surface area contributed by atoms with Gasteiger partial charge in [0, 0.05) is 25.8 Å². The Morgan fingerprint density at radius 1 is 1.38 bits per heavy atom. The first-order valence-corrected chi connectivity index (χ1v) is 7.79. The van der Waals surface area contributed by atoms with Crippen LogP contribution in [0.3, 0.4) is 0 Å². The first-order valence-electron chi connectivity index (χ1n) is 6.35. The molecule has 21 heavy (non-hydrogen) atoms. The molecule has 0 aliphatic heterocycles. The maximum atomic E-state index is 12.5. The lowest BCUT2D eigenvalue weighted by Gasteiger charge is -2.21. The van der Waals surface area contributed by atoms with Gasteiger partial charge in [-0.2, -0.15) is 4.31 Å². The highest BCUT2D eigenvalue weighted by Crippen LogP contribution is 2.19. The van der Waals surface area contributed by atoms with Crippen LogP contribution in [0, 0.1) is 6.92 Å². The number of rotatable bonds is 8. The number of carbonyl (C=O) groups excluding carboxylic acids is 1. The number of nitrogens with zero attached hydrogens (tertiary/aromatic N) is 1. The van der Waals surface area contributed by atoms with Crippen molar-refractivity contribution in [1.29, 1.82) is 0 Å². The number of sulfonamides is 1. The zero-order valence-electron chi connectivity index (χ0n) is 12.1. The first-order chi connectivity index (χ1) is 9.84. The topological polar surface area (TPSA) is 110 Å². The summed E-state index contributed by atoms with van der Waals surface area (Å²) in [6.45, 7) is 1.63. The van der Waals surface area contributed by atoms with Gasteiger partial charge in [-0.1, -0.05) is 6.07 Å². The van der Waals surface area contributed by atoms with Gasteiger partial charge in [-0.3, -0.25) is 4.79 Å². The molecule has 0 heterocycles. The lowest BCUT2D eigenvalue weighted by molar-refractivity contribution is 0.0999. The van der Waals surface area contributed by atoms with Crippen molar-refractivity contribution in [2.45, 2.75) is 11.8 Å². The highest BCUT2D eigenvalue weighted by atomic mass is 32.2. The third-order valence-corrected chi connectivity index (χ3v) is 4.90. The van der Waals surface area contributed by atoms with Crippen LogP contribution in [0.1, 0.15) is 15.9 Å². The Morgan fingerprint density at radius 3 is 2.57 bits per heavy atom. The van der Waals surface area contributed by atoms with Crippen LogP contribution < -0.4 is 5.73 Å².